The molecule has 1 heterocycles. The Morgan fingerprint density at radius 1 is 1.33 bits per heavy atom. The van der Waals surface area contributed by atoms with Crippen LogP contribution in [0.4, 0.5) is 5.82 Å². The van der Waals surface area contributed by atoms with E-state index in [-0.39, 0.29) is 11.0 Å². The highest BCUT2D eigenvalue weighted by molar-refractivity contribution is 9.10. The molecule has 24 heavy (non-hydrogen) atoms. The lowest BCUT2D eigenvalue weighted by Crippen LogP contribution is -2.34. The number of halogens is 1. The van der Waals surface area contributed by atoms with Crippen molar-refractivity contribution in [1.82, 2.24) is 10.3 Å². The third-order valence-corrected chi connectivity index (χ3v) is 3.73. The lowest BCUT2D eigenvalue weighted by molar-refractivity contribution is 0.0977. The average Bonchev–Trinajstić information content (AvgIpc) is 2.57. The SMILES string of the molecule is CCCCOc1cccc(C(=O)NC(=S)Nc2ccc(Br)cn2)c1. The fourth-order valence-corrected chi connectivity index (χ4v) is 2.27. The minimum absolute atomic E-state index is 0.187. The third kappa shape index (κ3) is 5.90. The van der Waals surface area contributed by atoms with Crippen LogP contribution in [-0.4, -0.2) is 22.6 Å². The summed E-state index contributed by atoms with van der Waals surface area (Å²) in [6.07, 6.45) is 3.68. The Balaban J connectivity index is 1.92. The highest BCUT2D eigenvalue weighted by Gasteiger charge is 2.09. The van der Waals surface area contributed by atoms with E-state index in [0.717, 1.165) is 17.3 Å². The van der Waals surface area contributed by atoms with Crippen LogP contribution >= 0.6 is 28.1 Å². The summed E-state index contributed by atoms with van der Waals surface area (Å²) in [7, 11) is 0. The maximum Gasteiger partial charge on any atom is 0.257 e. The molecule has 0 fully saturated rings. The number of thiocarbonyl (C=S) groups is 1. The average molecular weight is 408 g/mol. The topological polar surface area (TPSA) is 63.2 Å². The predicted molar refractivity (Wildman–Crippen MR) is 102 cm³/mol. The van der Waals surface area contributed by atoms with Crippen molar-refractivity contribution in [1.29, 1.82) is 0 Å². The van der Waals surface area contributed by atoms with Gasteiger partial charge >= 0.3 is 0 Å². The normalized spacial score (nSPS) is 10.1. The molecule has 0 atom stereocenters. The molecule has 0 bridgehead atoms. The van der Waals surface area contributed by atoms with E-state index in [1.54, 1.807) is 30.5 Å². The monoisotopic (exact) mass is 407 g/mol. The van der Waals surface area contributed by atoms with Crippen LogP contribution in [0.25, 0.3) is 0 Å². The molecule has 0 unspecified atom stereocenters. The third-order valence-electron chi connectivity index (χ3n) is 3.06. The van der Waals surface area contributed by atoms with Crippen molar-refractivity contribution in [2.45, 2.75) is 19.8 Å². The summed E-state index contributed by atoms with van der Waals surface area (Å²) in [4.78, 5) is 16.4. The number of unbranched alkanes of at least 4 members (excludes halogenated alkanes) is 1. The highest BCUT2D eigenvalue weighted by atomic mass is 79.9. The van der Waals surface area contributed by atoms with Gasteiger partial charge < -0.3 is 10.1 Å². The van der Waals surface area contributed by atoms with E-state index in [1.165, 1.54) is 0 Å². The lowest BCUT2D eigenvalue weighted by atomic mass is 10.2. The fourth-order valence-electron chi connectivity index (χ4n) is 1.83. The number of hydrogen-bond acceptors (Lipinski definition) is 4. The number of ether oxygens (including phenoxy) is 1. The second-order valence-electron chi connectivity index (χ2n) is 5.00. The molecule has 2 rings (SSSR count). The van der Waals surface area contributed by atoms with Crippen LogP contribution in [0.3, 0.4) is 0 Å². The maximum atomic E-state index is 12.3. The number of nitrogens with one attached hydrogen (secondary N) is 2. The van der Waals surface area contributed by atoms with Gasteiger partial charge in [-0.2, -0.15) is 0 Å². The summed E-state index contributed by atoms with van der Waals surface area (Å²) in [5, 5.41) is 5.68. The van der Waals surface area contributed by atoms with Crippen molar-refractivity contribution in [3.05, 3.63) is 52.6 Å². The van der Waals surface area contributed by atoms with E-state index in [0.29, 0.717) is 23.7 Å². The van der Waals surface area contributed by atoms with Gasteiger partial charge in [-0.1, -0.05) is 19.4 Å². The molecular formula is C17H18BrN3O2S. The van der Waals surface area contributed by atoms with E-state index in [1.807, 2.05) is 12.1 Å². The molecule has 7 heteroatoms. The van der Waals surface area contributed by atoms with Gasteiger partial charge in [0, 0.05) is 16.2 Å². The molecule has 2 N–H and O–H groups in total. The van der Waals surface area contributed by atoms with Crippen LogP contribution < -0.4 is 15.4 Å². The zero-order chi connectivity index (χ0) is 17.4. The molecule has 0 spiro atoms. The molecule has 1 amide bonds. The first-order valence-electron chi connectivity index (χ1n) is 7.55. The molecule has 5 nitrogen and oxygen atoms in total. The van der Waals surface area contributed by atoms with Gasteiger partial charge in [-0.25, -0.2) is 4.98 Å². The number of aromatic nitrogens is 1. The van der Waals surface area contributed by atoms with Crippen LogP contribution in [0.5, 0.6) is 5.75 Å². The van der Waals surface area contributed by atoms with Gasteiger partial charge in [0.1, 0.15) is 11.6 Å². The van der Waals surface area contributed by atoms with Crippen LogP contribution in [-0.2, 0) is 0 Å². The van der Waals surface area contributed by atoms with Crippen molar-refractivity contribution in [3.8, 4) is 5.75 Å². The number of benzene rings is 1. The number of nitrogens with zero attached hydrogens (tertiary/aromatic N) is 1. The number of pyridine rings is 1. The van der Waals surface area contributed by atoms with Gasteiger partial charge in [0.25, 0.3) is 5.91 Å². The van der Waals surface area contributed by atoms with Gasteiger partial charge in [-0.3, -0.25) is 10.1 Å². The smallest absolute Gasteiger partial charge is 0.257 e. The van der Waals surface area contributed by atoms with Gasteiger partial charge in [0.2, 0.25) is 0 Å². The van der Waals surface area contributed by atoms with Crippen LogP contribution in [0.2, 0.25) is 0 Å². The number of rotatable bonds is 6. The van der Waals surface area contributed by atoms with Crippen molar-refractivity contribution in [2.75, 3.05) is 11.9 Å². The Kier molecular flexibility index (Phi) is 7.14. The Hall–Kier alpha value is -1.99. The fraction of sp³-hybridized carbons (Fsp3) is 0.235. The van der Waals surface area contributed by atoms with Crippen LogP contribution in [0.15, 0.2) is 47.1 Å². The van der Waals surface area contributed by atoms with Crippen molar-refractivity contribution < 1.29 is 9.53 Å². The molecule has 0 saturated heterocycles. The predicted octanol–water partition coefficient (Wildman–Crippen LogP) is 4.15. The van der Waals surface area contributed by atoms with E-state index >= 15 is 0 Å². The molecule has 0 aliphatic heterocycles. The quantitative estimate of drug-likeness (QED) is 0.556. The Morgan fingerprint density at radius 2 is 2.17 bits per heavy atom. The number of carbonyl (C=O) groups is 1. The minimum atomic E-state index is -0.300. The van der Waals surface area contributed by atoms with Gasteiger partial charge in [0.15, 0.2) is 5.11 Å². The summed E-state index contributed by atoms with van der Waals surface area (Å²) in [6.45, 7) is 2.73. The summed E-state index contributed by atoms with van der Waals surface area (Å²) in [5.74, 6) is 0.926. The lowest BCUT2D eigenvalue weighted by Gasteiger charge is -2.10. The molecule has 0 aliphatic carbocycles. The van der Waals surface area contributed by atoms with E-state index in [4.69, 9.17) is 17.0 Å². The molecular weight excluding hydrogens is 390 g/mol. The highest BCUT2D eigenvalue weighted by Crippen LogP contribution is 2.14. The molecule has 0 radical (unpaired) electrons. The number of amides is 1. The Morgan fingerprint density at radius 3 is 2.88 bits per heavy atom. The number of hydrogen-bond donors (Lipinski definition) is 2. The van der Waals surface area contributed by atoms with E-state index in [2.05, 4.69) is 38.5 Å². The molecule has 1 aromatic carbocycles. The molecule has 1 aromatic heterocycles. The molecule has 0 aliphatic rings. The number of anilines is 1. The molecule has 0 saturated carbocycles. The van der Waals surface area contributed by atoms with Crippen molar-refractivity contribution in [2.24, 2.45) is 0 Å². The first-order valence-corrected chi connectivity index (χ1v) is 8.75. The first-order chi connectivity index (χ1) is 11.6. The van der Waals surface area contributed by atoms with Crippen molar-refractivity contribution in [3.63, 3.8) is 0 Å². The second-order valence-corrected chi connectivity index (χ2v) is 6.32. The van der Waals surface area contributed by atoms with Gasteiger partial charge in [-0.05, 0) is 64.9 Å². The Bertz CT molecular complexity index is 707. The Labute approximate surface area is 154 Å². The maximum absolute atomic E-state index is 12.3. The van der Waals surface area contributed by atoms with Crippen molar-refractivity contribution >= 4 is 45.0 Å². The van der Waals surface area contributed by atoms with Gasteiger partial charge in [-0.15, -0.1) is 0 Å². The van der Waals surface area contributed by atoms with Crippen LogP contribution in [0, 0.1) is 0 Å². The summed E-state index contributed by atoms with van der Waals surface area (Å²) >= 11 is 8.44. The largest absolute Gasteiger partial charge is 0.494 e. The first kappa shape index (κ1) is 18.4. The summed E-state index contributed by atoms with van der Waals surface area (Å²) in [5.41, 5.74) is 0.483. The summed E-state index contributed by atoms with van der Waals surface area (Å²) in [6, 6.07) is 10.6. The molecule has 126 valence electrons. The summed E-state index contributed by atoms with van der Waals surface area (Å²) < 4.78 is 6.47. The standard InChI is InChI=1S/C17H18BrN3O2S/c1-2-3-9-23-14-6-4-5-12(10-14)16(22)21-17(24)20-15-8-7-13(18)11-19-15/h4-8,10-11H,2-3,9H2,1H3,(H2,19,20,21,22,24). The molecule has 2 aromatic rings. The van der Waals surface area contributed by atoms with E-state index < -0.39 is 0 Å². The van der Waals surface area contributed by atoms with Gasteiger partial charge in [0.05, 0.1) is 6.61 Å². The second kappa shape index (κ2) is 9.34. The van der Waals surface area contributed by atoms with E-state index in [9.17, 15) is 4.79 Å². The minimum Gasteiger partial charge on any atom is -0.494 e. The zero-order valence-electron chi connectivity index (χ0n) is 13.2. The number of carbonyl (C=O) groups excluding carboxylic acids is 1. The zero-order valence-corrected chi connectivity index (χ0v) is 15.6. The van der Waals surface area contributed by atoms with Crippen LogP contribution in [0.1, 0.15) is 30.1 Å².